The number of halogens is 5. The molecule has 27 heavy (non-hydrogen) atoms. The molecule has 2 aromatic carbocycles. The molecule has 0 heterocycles. The molecule has 3 rings (SSSR count). The highest BCUT2D eigenvalue weighted by atomic mass is 19.2. The van der Waals surface area contributed by atoms with E-state index in [4.69, 9.17) is 9.47 Å². The number of rotatable bonds is 4. The van der Waals surface area contributed by atoms with Gasteiger partial charge in [-0.05, 0) is 49.9 Å². The molecule has 0 amide bonds. The second-order valence-electron chi connectivity index (χ2n) is 6.18. The molecule has 144 valence electrons. The summed E-state index contributed by atoms with van der Waals surface area (Å²) in [7, 11) is 0. The molecule has 0 spiro atoms. The summed E-state index contributed by atoms with van der Waals surface area (Å²) in [4.78, 5) is 11.9. The Bertz CT molecular complexity index is 816. The van der Waals surface area contributed by atoms with Gasteiger partial charge in [0, 0.05) is 0 Å². The topological polar surface area (TPSA) is 35.5 Å². The van der Waals surface area contributed by atoms with Gasteiger partial charge in [0.2, 0.25) is 5.82 Å². The molecule has 0 unspecified atom stereocenters. The summed E-state index contributed by atoms with van der Waals surface area (Å²) < 4.78 is 77.2. The number of carbonyl (C=O) groups excluding carboxylic acids is 1. The minimum absolute atomic E-state index is 0.0977. The maximum atomic E-state index is 13.6. The van der Waals surface area contributed by atoms with Gasteiger partial charge in [-0.15, -0.1) is 0 Å². The van der Waals surface area contributed by atoms with Crippen molar-refractivity contribution in [2.45, 2.75) is 38.2 Å². The van der Waals surface area contributed by atoms with E-state index in [1.54, 1.807) is 0 Å². The quantitative estimate of drug-likeness (QED) is 0.235. The maximum Gasteiger partial charge on any atom is 0.349 e. The van der Waals surface area contributed by atoms with Crippen molar-refractivity contribution in [3.05, 3.63) is 58.9 Å². The average Bonchev–Trinajstić information content (AvgIpc) is 2.67. The van der Waals surface area contributed by atoms with Crippen LogP contribution in [0.25, 0.3) is 0 Å². The smallest absolute Gasteiger partial charge is 0.349 e. The number of ether oxygens (including phenoxy) is 2. The predicted molar refractivity (Wildman–Crippen MR) is 85.1 cm³/mol. The van der Waals surface area contributed by atoms with E-state index in [-0.39, 0.29) is 11.9 Å². The SMILES string of the molecule is O=C(Oc1ccc(OC2CCCCC2)cc1)c1c(F)c(F)c(F)c(F)c1F. The van der Waals surface area contributed by atoms with Crippen LogP contribution < -0.4 is 9.47 Å². The zero-order chi connectivity index (χ0) is 19.6. The molecule has 1 aliphatic carbocycles. The third-order valence-corrected chi connectivity index (χ3v) is 4.30. The molecule has 1 aliphatic rings. The first kappa shape index (κ1) is 19.1. The second kappa shape index (κ2) is 7.94. The fourth-order valence-electron chi connectivity index (χ4n) is 2.90. The molecule has 1 saturated carbocycles. The molecule has 0 N–H and O–H groups in total. The van der Waals surface area contributed by atoms with E-state index in [9.17, 15) is 26.7 Å². The molecule has 2 aromatic rings. The van der Waals surface area contributed by atoms with E-state index in [1.165, 1.54) is 30.7 Å². The summed E-state index contributed by atoms with van der Waals surface area (Å²) in [6, 6.07) is 5.61. The van der Waals surface area contributed by atoms with Crippen LogP contribution in [-0.2, 0) is 0 Å². The third-order valence-electron chi connectivity index (χ3n) is 4.30. The van der Waals surface area contributed by atoms with Crippen LogP contribution in [0, 0.1) is 29.1 Å². The molecule has 0 bridgehead atoms. The Morgan fingerprint density at radius 1 is 0.741 bits per heavy atom. The highest BCUT2D eigenvalue weighted by molar-refractivity contribution is 5.91. The number of benzene rings is 2. The van der Waals surface area contributed by atoms with Crippen molar-refractivity contribution < 1.29 is 36.2 Å². The van der Waals surface area contributed by atoms with Crippen molar-refractivity contribution in [2.24, 2.45) is 0 Å². The minimum Gasteiger partial charge on any atom is -0.490 e. The zero-order valence-corrected chi connectivity index (χ0v) is 14.0. The lowest BCUT2D eigenvalue weighted by Gasteiger charge is -2.23. The lowest BCUT2D eigenvalue weighted by atomic mass is 9.98. The van der Waals surface area contributed by atoms with Gasteiger partial charge in [-0.1, -0.05) is 6.42 Å². The summed E-state index contributed by atoms with van der Waals surface area (Å²) in [6.45, 7) is 0. The maximum absolute atomic E-state index is 13.6. The van der Waals surface area contributed by atoms with Crippen molar-refractivity contribution in [3.63, 3.8) is 0 Å². The first-order chi connectivity index (χ1) is 12.9. The summed E-state index contributed by atoms with van der Waals surface area (Å²) >= 11 is 0. The van der Waals surface area contributed by atoms with E-state index in [2.05, 4.69) is 0 Å². The molecule has 3 nitrogen and oxygen atoms in total. The standard InChI is InChI=1S/C19H15F5O3/c20-14-13(15(21)17(23)18(24)16(14)22)19(25)27-12-8-6-11(7-9-12)26-10-4-2-1-3-5-10/h6-10H,1-5H2. The van der Waals surface area contributed by atoms with Gasteiger partial charge < -0.3 is 9.47 Å². The van der Waals surface area contributed by atoms with Crippen LogP contribution in [0.2, 0.25) is 0 Å². The van der Waals surface area contributed by atoms with Gasteiger partial charge in [0.1, 0.15) is 17.1 Å². The van der Waals surface area contributed by atoms with Crippen molar-refractivity contribution in [1.82, 2.24) is 0 Å². The monoisotopic (exact) mass is 386 g/mol. The summed E-state index contributed by atoms with van der Waals surface area (Å²) in [5.41, 5.74) is -1.64. The summed E-state index contributed by atoms with van der Waals surface area (Å²) in [6.07, 6.45) is 5.32. The highest BCUT2D eigenvalue weighted by Gasteiger charge is 2.31. The van der Waals surface area contributed by atoms with Crippen molar-refractivity contribution in [3.8, 4) is 11.5 Å². The van der Waals surface area contributed by atoms with Gasteiger partial charge >= 0.3 is 5.97 Å². The first-order valence-corrected chi connectivity index (χ1v) is 8.38. The van der Waals surface area contributed by atoms with Crippen LogP contribution in [0.4, 0.5) is 22.0 Å². The molecular weight excluding hydrogens is 371 g/mol. The van der Waals surface area contributed by atoms with Gasteiger partial charge in [0.05, 0.1) is 6.10 Å². The van der Waals surface area contributed by atoms with E-state index < -0.39 is 40.6 Å². The van der Waals surface area contributed by atoms with E-state index in [1.807, 2.05) is 0 Å². The Balaban J connectivity index is 1.73. The van der Waals surface area contributed by atoms with Crippen molar-refractivity contribution >= 4 is 5.97 Å². The van der Waals surface area contributed by atoms with E-state index in [0.29, 0.717) is 5.75 Å². The van der Waals surface area contributed by atoms with E-state index >= 15 is 0 Å². The number of hydrogen-bond acceptors (Lipinski definition) is 3. The Morgan fingerprint density at radius 2 is 1.22 bits per heavy atom. The summed E-state index contributed by atoms with van der Waals surface area (Å²) in [5, 5.41) is 0. The van der Waals surface area contributed by atoms with Crippen LogP contribution in [-0.4, -0.2) is 12.1 Å². The third kappa shape index (κ3) is 4.04. The van der Waals surface area contributed by atoms with Crippen molar-refractivity contribution in [2.75, 3.05) is 0 Å². The fraction of sp³-hybridized carbons (Fsp3) is 0.316. The summed E-state index contributed by atoms with van der Waals surface area (Å²) in [5.74, 6) is -12.5. The highest BCUT2D eigenvalue weighted by Crippen LogP contribution is 2.27. The van der Waals surface area contributed by atoms with Gasteiger partial charge in [-0.2, -0.15) is 0 Å². The van der Waals surface area contributed by atoms with Gasteiger partial charge in [-0.25, -0.2) is 26.7 Å². The molecule has 0 aromatic heterocycles. The minimum atomic E-state index is -2.34. The lowest BCUT2D eigenvalue weighted by molar-refractivity contribution is 0.0720. The van der Waals surface area contributed by atoms with Crippen LogP contribution in [0.5, 0.6) is 11.5 Å². The Morgan fingerprint density at radius 3 is 1.78 bits per heavy atom. The van der Waals surface area contributed by atoms with E-state index in [0.717, 1.165) is 25.7 Å². The Kier molecular flexibility index (Phi) is 5.62. The van der Waals surface area contributed by atoms with Gasteiger partial charge in [0.25, 0.3) is 0 Å². The van der Waals surface area contributed by atoms with Crippen LogP contribution in [0.15, 0.2) is 24.3 Å². The lowest BCUT2D eigenvalue weighted by Crippen LogP contribution is -2.19. The van der Waals surface area contributed by atoms with Gasteiger partial charge in [0.15, 0.2) is 23.3 Å². The first-order valence-electron chi connectivity index (χ1n) is 8.38. The average molecular weight is 386 g/mol. The van der Waals surface area contributed by atoms with Crippen LogP contribution in [0.3, 0.4) is 0 Å². The molecule has 0 atom stereocenters. The van der Waals surface area contributed by atoms with Crippen LogP contribution >= 0.6 is 0 Å². The fourth-order valence-corrected chi connectivity index (χ4v) is 2.90. The molecule has 8 heteroatoms. The number of hydrogen-bond donors (Lipinski definition) is 0. The van der Waals surface area contributed by atoms with Crippen molar-refractivity contribution in [1.29, 1.82) is 0 Å². The largest absolute Gasteiger partial charge is 0.490 e. The molecule has 0 aliphatic heterocycles. The zero-order valence-electron chi connectivity index (χ0n) is 14.0. The number of esters is 1. The second-order valence-corrected chi connectivity index (χ2v) is 6.18. The number of carbonyl (C=O) groups is 1. The molecule has 1 fully saturated rings. The predicted octanol–water partition coefficient (Wildman–Crippen LogP) is 5.31. The Labute approximate surface area is 151 Å². The van der Waals surface area contributed by atoms with Crippen LogP contribution in [0.1, 0.15) is 42.5 Å². The molecule has 0 radical (unpaired) electrons. The van der Waals surface area contributed by atoms with Gasteiger partial charge in [-0.3, -0.25) is 0 Å². The normalized spacial score (nSPS) is 14.9. The molecule has 0 saturated heterocycles. The molecular formula is C19H15F5O3. The Hall–Kier alpha value is -2.64.